The fourth-order valence-electron chi connectivity index (χ4n) is 3.92. The van der Waals surface area contributed by atoms with Crippen LogP contribution in [0.3, 0.4) is 0 Å². The average molecular weight is 240 g/mol. The van der Waals surface area contributed by atoms with Crippen LogP contribution in [0, 0.1) is 17.8 Å². The van der Waals surface area contributed by atoms with Crippen LogP contribution in [-0.2, 0) is 0 Å². The van der Waals surface area contributed by atoms with Gasteiger partial charge in [-0.3, -0.25) is 0 Å². The molecule has 2 heteroatoms. The summed E-state index contributed by atoms with van der Waals surface area (Å²) in [6, 6.07) is 0. The van der Waals surface area contributed by atoms with E-state index in [2.05, 4.69) is 0 Å². The Bertz CT molecular complexity index is 205. The Balaban J connectivity index is 1.90. The van der Waals surface area contributed by atoms with E-state index in [0.29, 0.717) is 11.8 Å². The van der Waals surface area contributed by atoms with Crippen molar-refractivity contribution in [1.29, 1.82) is 0 Å². The fraction of sp³-hybridized carbons (Fsp3) is 1.00. The third-order valence-electron chi connectivity index (χ3n) is 5.04. The summed E-state index contributed by atoms with van der Waals surface area (Å²) in [7, 11) is 0. The second-order valence-corrected chi connectivity index (χ2v) is 6.13. The van der Waals surface area contributed by atoms with Crippen LogP contribution in [0.2, 0.25) is 0 Å². The van der Waals surface area contributed by atoms with Gasteiger partial charge in [0, 0.05) is 12.5 Å². The van der Waals surface area contributed by atoms with Crippen LogP contribution in [0.15, 0.2) is 0 Å². The maximum absolute atomic E-state index is 10.5. The van der Waals surface area contributed by atoms with Gasteiger partial charge >= 0.3 is 0 Å². The Morgan fingerprint density at radius 3 is 1.71 bits per heavy atom. The van der Waals surface area contributed by atoms with E-state index < -0.39 is 0 Å². The Labute approximate surface area is 105 Å². The molecule has 0 saturated heterocycles. The lowest BCUT2D eigenvalue weighted by atomic mass is 9.72. The first-order chi connectivity index (χ1) is 8.33. The van der Waals surface area contributed by atoms with Crippen molar-refractivity contribution in [3.8, 4) is 0 Å². The van der Waals surface area contributed by atoms with Crippen LogP contribution in [0.1, 0.15) is 64.2 Å². The number of hydrogen-bond acceptors (Lipinski definition) is 2. The standard InChI is InChI=1S/C15H28O2/c16-11-14(12-7-3-1-4-8-12)15(17)13-9-5-2-6-10-13/h12-17H,1-11H2. The summed E-state index contributed by atoms with van der Waals surface area (Å²) < 4.78 is 0. The van der Waals surface area contributed by atoms with Gasteiger partial charge in [-0.25, -0.2) is 0 Å². The molecule has 2 saturated carbocycles. The molecule has 2 atom stereocenters. The molecule has 0 amide bonds. The van der Waals surface area contributed by atoms with Gasteiger partial charge in [0.25, 0.3) is 0 Å². The molecule has 2 nitrogen and oxygen atoms in total. The summed E-state index contributed by atoms with van der Waals surface area (Å²) in [5, 5.41) is 20.1. The van der Waals surface area contributed by atoms with Gasteiger partial charge in [0.15, 0.2) is 0 Å². The second kappa shape index (κ2) is 6.75. The quantitative estimate of drug-likeness (QED) is 0.792. The van der Waals surface area contributed by atoms with Crippen molar-refractivity contribution in [2.24, 2.45) is 17.8 Å². The number of aliphatic hydroxyl groups is 2. The van der Waals surface area contributed by atoms with Crippen LogP contribution < -0.4 is 0 Å². The Morgan fingerprint density at radius 1 is 0.765 bits per heavy atom. The normalized spacial score (nSPS) is 27.9. The molecule has 0 bridgehead atoms. The van der Waals surface area contributed by atoms with Crippen molar-refractivity contribution >= 4 is 0 Å². The molecule has 0 radical (unpaired) electrons. The van der Waals surface area contributed by atoms with E-state index in [0.717, 1.165) is 0 Å². The van der Waals surface area contributed by atoms with Crippen molar-refractivity contribution < 1.29 is 10.2 Å². The molecule has 0 spiro atoms. The van der Waals surface area contributed by atoms with Gasteiger partial charge in [-0.2, -0.15) is 0 Å². The molecule has 2 unspecified atom stereocenters. The predicted molar refractivity (Wildman–Crippen MR) is 69.7 cm³/mol. The van der Waals surface area contributed by atoms with Gasteiger partial charge in [0.2, 0.25) is 0 Å². The predicted octanol–water partition coefficient (Wildman–Crippen LogP) is 3.12. The molecule has 0 aromatic carbocycles. The first-order valence-corrected chi connectivity index (χ1v) is 7.62. The van der Waals surface area contributed by atoms with Crippen LogP contribution in [-0.4, -0.2) is 22.9 Å². The van der Waals surface area contributed by atoms with Gasteiger partial charge in [0.1, 0.15) is 0 Å². The van der Waals surface area contributed by atoms with Crippen molar-refractivity contribution in [2.75, 3.05) is 6.61 Å². The molecule has 2 aliphatic carbocycles. The summed E-state index contributed by atoms with van der Waals surface area (Å²) >= 11 is 0. The summed E-state index contributed by atoms with van der Waals surface area (Å²) in [6.07, 6.45) is 12.3. The third kappa shape index (κ3) is 3.45. The van der Waals surface area contributed by atoms with E-state index in [4.69, 9.17) is 0 Å². The summed E-state index contributed by atoms with van der Waals surface area (Å²) in [6.45, 7) is 0.183. The SMILES string of the molecule is OCC(C1CCCCC1)C(O)C1CCCCC1. The van der Waals surface area contributed by atoms with E-state index >= 15 is 0 Å². The molecule has 0 aromatic heterocycles. The molecule has 0 aliphatic heterocycles. The molecule has 2 N–H and O–H groups in total. The Hall–Kier alpha value is -0.0800. The fourth-order valence-corrected chi connectivity index (χ4v) is 3.92. The van der Waals surface area contributed by atoms with Gasteiger partial charge in [-0.05, 0) is 24.7 Å². The summed E-state index contributed by atoms with van der Waals surface area (Å²) in [5.74, 6) is 1.19. The molecule has 100 valence electrons. The van der Waals surface area contributed by atoms with E-state index in [1.165, 1.54) is 64.2 Å². The average Bonchev–Trinajstić information content (AvgIpc) is 2.42. The smallest absolute Gasteiger partial charge is 0.0621 e. The van der Waals surface area contributed by atoms with Crippen molar-refractivity contribution in [3.05, 3.63) is 0 Å². The minimum absolute atomic E-state index is 0.151. The highest BCUT2D eigenvalue weighted by molar-refractivity contribution is 4.84. The molecule has 2 fully saturated rings. The van der Waals surface area contributed by atoms with Gasteiger partial charge in [-0.1, -0.05) is 51.4 Å². The first-order valence-electron chi connectivity index (χ1n) is 7.62. The first kappa shape index (κ1) is 13.4. The van der Waals surface area contributed by atoms with E-state index in [1.807, 2.05) is 0 Å². The molecular formula is C15H28O2. The number of aliphatic hydroxyl groups excluding tert-OH is 2. The van der Waals surface area contributed by atoms with Crippen LogP contribution in [0.4, 0.5) is 0 Å². The highest BCUT2D eigenvalue weighted by Gasteiger charge is 2.34. The van der Waals surface area contributed by atoms with Crippen molar-refractivity contribution in [1.82, 2.24) is 0 Å². The molecule has 17 heavy (non-hydrogen) atoms. The maximum atomic E-state index is 10.5. The second-order valence-electron chi connectivity index (χ2n) is 6.13. The lowest BCUT2D eigenvalue weighted by Crippen LogP contribution is -2.38. The van der Waals surface area contributed by atoms with E-state index in [-0.39, 0.29) is 18.6 Å². The lowest BCUT2D eigenvalue weighted by molar-refractivity contribution is -0.0238. The third-order valence-corrected chi connectivity index (χ3v) is 5.04. The Kier molecular flexibility index (Phi) is 5.30. The zero-order valence-electron chi connectivity index (χ0n) is 11.0. The minimum atomic E-state index is -0.247. The summed E-state index contributed by atoms with van der Waals surface area (Å²) in [5.41, 5.74) is 0. The Morgan fingerprint density at radius 2 is 1.24 bits per heavy atom. The van der Waals surface area contributed by atoms with Crippen molar-refractivity contribution in [2.45, 2.75) is 70.3 Å². The molecule has 0 heterocycles. The van der Waals surface area contributed by atoms with Crippen LogP contribution in [0.5, 0.6) is 0 Å². The lowest BCUT2D eigenvalue weighted by Gasteiger charge is -2.37. The minimum Gasteiger partial charge on any atom is -0.396 e. The van der Waals surface area contributed by atoms with Crippen LogP contribution in [0.25, 0.3) is 0 Å². The van der Waals surface area contributed by atoms with Crippen molar-refractivity contribution in [3.63, 3.8) is 0 Å². The molecular weight excluding hydrogens is 212 g/mol. The largest absolute Gasteiger partial charge is 0.396 e. The van der Waals surface area contributed by atoms with E-state index in [1.54, 1.807) is 0 Å². The zero-order chi connectivity index (χ0) is 12.1. The summed E-state index contributed by atoms with van der Waals surface area (Å²) in [4.78, 5) is 0. The maximum Gasteiger partial charge on any atom is 0.0621 e. The monoisotopic (exact) mass is 240 g/mol. The number of rotatable bonds is 4. The highest BCUT2D eigenvalue weighted by Crippen LogP contribution is 2.37. The number of hydrogen-bond donors (Lipinski definition) is 2. The van der Waals surface area contributed by atoms with E-state index in [9.17, 15) is 10.2 Å². The van der Waals surface area contributed by atoms with Crippen LogP contribution >= 0.6 is 0 Å². The topological polar surface area (TPSA) is 40.5 Å². The molecule has 0 aromatic rings. The molecule has 2 rings (SSSR count). The van der Waals surface area contributed by atoms with Gasteiger partial charge in [-0.15, -0.1) is 0 Å². The molecule has 2 aliphatic rings. The zero-order valence-corrected chi connectivity index (χ0v) is 11.0. The van der Waals surface area contributed by atoms with Gasteiger partial charge in [0.05, 0.1) is 6.10 Å². The highest BCUT2D eigenvalue weighted by atomic mass is 16.3. The van der Waals surface area contributed by atoms with Gasteiger partial charge < -0.3 is 10.2 Å².